The maximum Gasteiger partial charge on any atom is 0.224 e. The lowest BCUT2D eigenvalue weighted by molar-refractivity contribution is -0.117. The van der Waals surface area contributed by atoms with Crippen molar-refractivity contribution in [1.82, 2.24) is 15.3 Å². The average molecular weight is 392 g/mol. The first-order valence-corrected chi connectivity index (χ1v) is 10.3. The van der Waals surface area contributed by atoms with Crippen LogP contribution in [0.3, 0.4) is 0 Å². The first-order chi connectivity index (χ1) is 14.0. The highest BCUT2D eigenvalue weighted by Crippen LogP contribution is 2.43. The minimum atomic E-state index is 0.0508. The molecule has 152 valence electrons. The smallest absolute Gasteiger partial charge is 0.224 e. The first kappa shape index (κ1) is 19.6. The number of amides is 1. The fourth-order valence-electron chi connectivity index (χ4n) is 4.42. The van der Waals surface area contributed by atoms with Gasteiger partial charge in [0.15, 0.2) is 0 Å². The van der Waals surface area contributed by atoms with Crippen LogP contribution in [-0.4, -0.2) is 35.0 Å². The summed E-state index contributed by atoms with van der Waals surface area (Å²) in [4.78, 5) is 23.3. The summed E-state index contributed by atoms with van der Waals surface area (Å²) < 4.78 is 0. The Bertz CT molecular complexity index is 937. The summed E-state index contributed by atoms with van der Waals surface area (Å²) in [7, 11) is 0. The van der Waals surface area contributed by atoms with Crippen LogP contribution in [0.25, 0.3) is 5.57 Å². The molecule has 1 aromatic carbocycles. The number of fused-ring (bicyclic) bond motifs is 1. The summed E-state index contributed by atoms with van der Waals surface area (Å²) in [6, 6.07) is 6.64. The molecule has 29 heavy (non-hydrogen) atoms. The van der Waals surface area contributed by atoms with E-state index < -0.39 is 0 Å². The van der Waals surface area contributed by atoms with Gasteiger partial charge in [-0.2, -0.15) is 0 Å². The number of anilines is 2. The van der Waals surface area contributed by atoms with Gasteiger partial charge in [0.25, 0.3) is 0 Å². The molecule has 0 radical (unpaired) electrons. The van der Waals surface area contributed by atoms with Crippen LogP contribution >= 0.6 is 0 Å². The Hall–Kier alpha value is -2.73. The Morgan fingerprint density at radius 3 is 2.72 bits per heavy atom. The number of aromatic nitrogens is 2. The minimum absolute atomic E-state index is 0.0508. The predicted molar refractivity (Wildman–Crippen MR) is 117 cm³/mol. The monoisotopic (exact) mass is 391 g/mol. The highest BCUT2D eigenvalue weighted by atomic mass is 16.2. The number of carbonyl (C=O) groups excluding carboxylic acids is 1. The fraction of sp³-hybridized carbons (Fsp3) is 0.435. The molecule has 0 fully saturated rings. The number of aryl methyl sites for hydroxylation is 1. The molecule has 2 aliphatic rings. The van der Waals surface area contributed by atoms with E-state index >= 15 is 0 Å². The SMILES string of the molecule is CC(=O)N1c2ccc(C3=CCNCC3)cc2C(Nc2cnc(C)cn2)C(C)C1C. The second kappa shape index (κ2) is 7.95. The van der Waals surface area contributed by atoms with E-state index in [1.54, 1.807) is 19.3 Å². The summed E-state index contributed by atoms with van der Waals surface area (Å²) in [5.74, 6) is 1.05. The van der Waals surface area contributed by atoms with Crippen LogP contribution in [0, 0.1) is 12.8 Å². The van der Waals surface area contributed by atoms with Crippen molar-refractivity contribution < 1.29 is 4.79 Å². The molecular weight excluding hydrogens is 362 g/mol. The van der Waals surface area contributed by atoms with E-state index in [2.05, 4.69) is 58.7 Å². The maximum absolute atomic E-state index is 12.5. The molecule has 2 aliphatic heterocycles. The van der Waals surface area contributed by atoms with Crippen LogP contribution in [0.2, 0.25) is 0 Å². The molecule has 1 amide bonds. The number of hydrogen-bond acceptors (Lipinski definition) is 5. The van der Waals surface area contributed by atoms with Crippen molar-refractivity contribution in [2.45, 2.75) is 46.2 Å². The second-order valence-electron chi connectivity index (χ2n) is 8.11. The fourth-order valence-corrected chi connectivity index (χ4v) is 4.42. The van der Waals surface area contributed by atoms with E-state index in [4.69, 9.17) is 0 Å². The zero-order valence-electron chi connectivity index (χ0n) is 17.6. The van der Waals surface area contributed by atoms with Gasteiger partial charge in [0.2, 0.25) is 5.91 Å². The van der Waals surface area contributed by atoms with Gasteiger partial charge in [-0.1, -0.05) is 19.1 Å². The van der Waals surface area contributed by atoms with E-state index in [1.165, 1.54) is 11.1 Å². The van der Waals surface area contributed by atoms with Gasteiger partial charge in [0.05, 0.1) is 24.1 Å². The quantitative estimate of drug-likeness (QED) is 0.835. The van der Waals surface area contributed by atoms with Gasteiger partial charge < -0.3 is 15.5 Å². The zero-order chi connectivity index (χ0) is 20.5. The molecule has 0 spiro atoms. The molecule has 4 rings (SSSR count). The number of hydrogen-bond donors (Lipinski definition) is 2. The van der Waals surface area contributed by atoms with Gasteiger partial charge in [-0.15, -0.1) is 0 Å². The standard InChI is InChI=1S/C23H29N5O/c1-14-12-26-22(13-25-14)27-23-15(2)16(3)28(17(4)29)21-6-5-19(11-20(21)23)18-7-9-24-10-8-18/h5-7,11-13,15-16,23-24H,8-10H2,1-4H3,(H,26,27). The summed E-state index contributed by atoms with van der Waals surface area (Å²) in [5.41, 5.74) is 5.62. The van der Waals surface area contributed by atoms with E-state index in [1.807, 2.05) is 11.8 Å². The Labute approximate surface area is 172 Å². The normalized spacial score (nSPS) is 23.9. The number of rotatable bonds is 3. The number of nitrogens with zero attached hydrogens (tertiary/aromatic N) is 3. The topological polar surface area (TPSA) is 70.2 Å². The van der Waals surface area contributed by atoms with Crippen molar-refractivity contribution in [3.8, 4) is 0 Å². The largest absolute Gasteiger partial charge is 0.362 e. The molecule has 3 unspecified atom stereocenters. The van der Waals surface area contributed by atoms with Crippen molar-refractivity contribution in [3.63, 3.8) is 0 Å². The molecule has 3 atom stereocenters. The van der Waals surface area contributed by atoms with Gasteiger partial charge in [-0.05, 0) is 55.6 Å². The Morgan fingerprint density at radius 1 is 1.24 bits per heavy atom. The molecule has 0 bridgehead atoms. The molecule has 3 heterocycles. The number of benzene rings is 1. The molecule has 1 aromatic heterocycles. The van der Waals surface area contributed by atoms with Crippen LogP contribution in [0.5, 0.6) is 0 Å². The van der Waals surface area contributed by atoms with Gasteiger partial charge in [-0.3, -0.25) is 9.78 Å². The second-order valence-corrected chi connectivity index (χ2v) is 8.11. The van der Waals surface area contributed by atoms with E-state index in [9.17, 15) is 4.79 Å². The lowest BCUT2D eigenvalue weighted by Gasteiger charge is -2.44. The molecule has 6 heteroatoms. The molecule has 2 N–H and O–H groups in total. The van der Waals surface area contributed by atoms with Crippen LogP contribution in [0.1, 0.15) is 50.1 Å². The molecule has 0 saturated heterocycles. The highest BCUT2D eigenvalue weighted by molar-refractivity contribution is 5.94. The summed E-state index contributed by atoms with van der Waals surface area (Å²) in [6.07, 6.45) is 6.83. The maximum atomic E-state index is 12.5. The molecule has 6 nitrogen and oxygen atoms in total. The van der Waals surface area contributed by atoms with Crippen LogP contribution in [0.15, 0.2) is 36.7 Å². The van der Waals surface area contributed by atoms with Gasteiger partial charge in [-0.25, -0.2) is 4.98 Å². The van der Waals surface area contributed by atoms with E-state index in [-0.39, 0.29) is 23.9 Å². The van der Waals surface area contributed by atoms with Crippen LogP contribution < -0.4 is 15.5 Å². The first-order valence-electron chi connectivity index (χ1n) is 10.3. The number of carbonyl (C=O) groups is 1. The van der Waals surface area contributed by atoms with Gasteiger partial charge >= 0.3 is 0 Å². The van der Waals surface area contributed by atoms with E-state index in [0.29, 0.717) is 0 Å². The van der Waals surface area contributed by atoms with Crippen molar-refractivity contribution in [1.29, 1.82) is 0 Å². The van der Waals surface area contributed by atoms with Crippen molar-refractivity contribution in [2.75, 3.05) is 23.3 Å². The van der Waals surface area contributed by atoms with Gasteiger partial charge in [0, 0.05) is 31.1 Å². The average Bonchev–Trinajstić information content (AvgIpc) is 2.73. The predicted octanol–water partition coefficient (Wildman–Crippen LogP) is 3.71. The molecule has 0 aliphatic carbocycles. The molecule has 0 saturated carbocycles. The summed E-state index contributed by atoms with van der Waals surface area (Å²) >= 11 is 0. The highest BCUT2D eigenvalue weighted by Gasteiger charge is 2.38. The zero-order valence-corrected chi connectivity index (χ0v) is 17.6. The van der Waals surface area contributed by atoms with Crippen LogP contribution in [-0.2, 0) is 4.79 Å². The summed E-state index contributed by atoms with van der Waals surface area (Å²) in [5, 5.41) is 6.96. The number of nitrogens with one attached hydrogen (secondary N) is 2. The molecular formula is C23H29N5O. The Morgan fingerprint density at radius 2 is 2.07 bits per heavy atom. The van der Waals surface area contributed by atoms with E-state index in [0.717, 1.165) is 42.3 Å². The summed E-state index contributed by atoms with van der Waals surface area (Å²) in [6.45, 7) is 9.79. The van der Waals surface area contributed by atoms with Crippen molar-refractivity contribution in [2.24, 2.45) is 5.92 Å². The third kappa shape index (κ3) is 3.77. The van der Waals surface area contributed by atoms with Crippen molar-refractivity contribution in [3.05, 3.63) is 53.5 Å². The van der Waals surface area contributed by atoms with Gasteiger partial charge in [0.1, 0.15) is 5.82 Å². The Kier molecular flexibility index (Phi) is 5.37. The molecule has 2 aromatic rings. The third-order valence-electron chi connectivity index (χ3n) is 6.17. The third-order valence-corrected chi connectivity index (χ3v) is 6.17. The lowest BCUT2D eigenvalue weighted by Crippen LogP contribution is -2.48. The Balaban J connectivity index is 1.78. The lowest BCUT2D eigenvalue weighted by atomic mass is 9.81. The van der Waals surface area contributed by atoms with Crippen LogP contribution in [0.4, 0.5) is 11.5 Å². The minimum Gasteiger partial charge on any atom is -0.362 e. The van der Waals surface area contributed by atoms with Crippen molar-refractivity contribution >= 4 is 23.0 Å².